The number of anilines is 1. The first-order valence-corrected chi connectivity index (χ1v) is 7.82. The molecule has 0 aliphatic heterocycles. The predicted octanol–water partition coefficient (Wildman–Crippen LogP) is 3.71. The lowest BCUT2D eigenvalue weighted by Crippen LogP contribution is -2.13. The second kappa shape index (κ2) is 8.68. The van der Waals surface area contributed by atoms with E-state index in [1.165, 1.54) is 25.3 Å². The van der Waals surface area contributed by atoms with E-state index < -0.39 is 4.92 Å². The fourth-order valence-electron chi connectivity index (χ4n) is 2.25. The number of methoxy groups -OCH3 is 1. The molecule has 0 fully saturated rings. The van der Waals surface area contributed by atoms with Crippen molar-refractivity contribution < 1.29 is 19.2 Å². The first-order valence-electron chi connectivity index (χ1n) is 7.82. The van der Waals surface area contributed by atoms with Gasteiger partial charge in [0, 0.05) is 18.6 Å². The Balaban J connectivity index is 1.87. The number of nitrogens with one attached hydrogen (secondary N) is 1. The van der Waals surface area contributed by atoms with Crippen LogP contribution < -0.4 is 14.8 Å². The number of hydrogen-bond acceptors (Lipinski definition) is 5. The molecule has 7 nitrogen and oxygen atoms in total. The maximum Gasteiger partial charge on any atom is 0.271 e. The van der Waals surface area contributed by atoms with Crippen molar-refractivity contribution in [1.29, 1.82) is 0 Å². The van der Waals surface area contributed by atoms with E-state index in [1.54, 1.807) is 0 Å². The van der Waals surface area contributed by atoms with Crippen LogP contribution in [0.15, 0.2) is 42.5 Å². The van der Waals surface area contributed by atoms with Crippen molar-refractivity contribution in [3.8, 4) is 11.5 Å². The number of nitro groups is 1. The zero-order valence-electron chi connectivity index (χ0n) is 14.2. The number of para-hydroxylation sites is 1. The first kappa shape index (κ1) is 18.3. The van der Waals surface area contributed by atoms with Crippen molar-refractivity contribution in [2.24, 2.45) is 0 Å². The standard InChI is InChI=1S/C18H20N2O5/c1-13-6-3-4-7-16(13)25-11-5-8-18(21)19-15-12-14(20(22)23)9-10-17(15)24-2/h3-4,6-7,9-10,12H,5,8,11H2,1-2H3,(H,19,21). The maximum atomic E-state index is 12.0. The summed E-state index contributed by atoms with van der Waals surface area (Å²) in [4.78, 5) is 22.4. The number of hydrogen-bond donors (Lipinski definition) is 1. The molecule has 0 unspecified atom stereocenters. The molecule has 1 N–H and O–H groups in total. The van der Waals surface area contributed by atoms with Crippen LogP contribution in [0.2, 0.25) is 0 Å². The number of carbonyl (C=O) groups is 1. The number of amides is 1. The summed E-state index contributed by atoms with van der Waals surface area (Å²) >= 11 is 0. The Morgan fingerprint density at radius 3 is 2.64 bits per heavy atom. The monoisotopic (exact) mass is 344 g/mol. The van der Waals surface area contributed by atoms with Gasteiger partial charge in [0.1, 0.15) is 11.5 Å². The minimum absolute atomic E-state index is 0.112. The average molecular weight is 344 g/mol. The van der Waals surface area contributed by atoms with Gasteiger partial charge >= 0.3 is 0 Å². The van der Waals surface area contributed by atoms with Crippen LogP contribution in [0.1, 0.15) is 18.4 Å². The fraction of sp³-hybridized carbons (Fsp3) is 0.278. The number of aryl methyl sites for hydroxylation is 1. The van der Waals surface area contributed by atoms with E-state index in [-0.39, 0.29) is 23.7 Å². The SMILES string of the molecule is COc1ccc([N+](=O)[O-])cc1NC(=O)CCCOc1ccccc1C. The van der Waals surface area contributed by atoms with Crippen molar-refractivity contribution in [2.75, 3.05) is 19.0 Å². The molecule has 1 amide bonds. The van der Waals surface area contributed by atoms with Gasteiger partial charge in [0.2, 0.25) is 5.91 Å². The number of carbonyl (C=O) groups excluding carboxylic acids is 1. The summed E-state index contributed by atoms with van der Waals surface area (Å²) < 4.78 is 10.8. The highest BCUT2D eigenvalue weighted by atomic mass is 16.6. The normalized spacial score (nSPS) is 10.2. The molecule has 0 aromatic heterocycles. The quantitative estimate of drug-likeness (QED) is 0.448. The van der Waals surface area contributed by atoms with Crippen LogP contribution in [0, 0.1) is 17.0 Å². The van der Waals surface area contributed by atoms with Gasteiger partial charge < -0.3 is 14.8 Å². The second-order valence-electron chi connectivity index (χ2n) is 5.41. The van der Waals surface area contributed by atoms with Gasteiger partial charge in [-0.05, 0) is 31.0 Å². The van der Waals surface area contributed by atoms with Crippen LogP contribution in [0.3, 0.4) is 0 Å². The first-order chi connectivity index (χ1) is 12.0. The second-order valence-corrected chi connectivity index (χ2v) is 5.41. The highest BCUT2D eigenvalue weighted by Crippen LogP contribution is 2.29. The van der Waals surface area contributed by atoms with Gasteiger partial charge in [0.15, 0.2) is 0 Å². The molecule has 0 bridgehead atoms. The number of non-ortho nitro benzene ring substituents is 1. The van der Waals surface area contributed by atoms with E-state index in [0.29, 0.717) is 18.8 Å². The molecule has 2 aromatic carbocycles. The molecular formula is C18H20N2O5. The summed E-state index contributed by atoms with van der Waals surface area (Å²) in [7, 11) is 1.44. The fourth-order valence-corrected chi connectivity index (χ4v) is 2.25. The molecule has 0 heterocycles. The molecule has 132 valence electrons. The van der Waals surface area contributed by atoms with E-state index in [4.69, 9.17) is 9.47 Å². The lowest BCUT2D eigenvalue weighted by atomic mass is 10.2. The number of nitro benzene ring substituents is 1. The summed E-state index contributed by atoms with van der Waals surface area (Å²) in [6.07, 6.45) is 0.759. The number of benzene rings is 2. The van der Waals surface area contributed by atoms with Gasteiger partial charge in [-0.15, -0.1) is 0 Å². The van der Waals surface area contributed by atoms with Gasteiger partial charge in [0.05, 0.1) is 24.3 Å². The van der Waals surface area contributed by atoms with Crippen molar-refractivity contribution in [2.45, 2.75) is 19.8 Å². The lowest BCUT2D eigenvalue weighted by molar-refractivity contribution is -0.384. The van der Waals surface area contributed by atoms with Crippen LogP contribution in [-0.4, -0.2) is 24.5 Å². The van der Waals surface area contributed by atoms with E-state index in [9.17, 15) is 14.9 Å². The molecule has 0 aliphatic carbocycles. The molecule has 0 spiro atoms. The molecule has 0 aliphatic rings. The molecule has 2 rings (SSSR count). The Kier molecular flexibility index (Phi) is 6.33. The van der Waals surface area contributed by atoms with Crippen molar-refractivity contribution >= 4 is 17.3 Å². The number of ether oxygens (including phenoxy) is 2. The van der Waals surface area contributed by atoms with E-state index in [0.717, 1.165) is 11.3 Å². The Bertz CT molecular complexity index is 761. The van der Waals surface area contributed by atoms with Gasteiger partial charge in [-0.1, -0.05) is 18.2 Å². The molecule has 2 aromatic rings. The Morgan fingerprint density at radius 2 is 1.96 bits per heavy atom. The summed E-state index contributed by atoms with van der Waals surface area (Å²) in [5.74, 6) is 0.908. The van der Waals surface area contributed by atoms with Crippen LogP contribution in [0.25, 0.3) is 0 Å². The van der Waals surface area contributed by atoms with Gasteiger partial charge in [-0.3, -0.25) is 14.9 Å². The van der Waals surface area contributed by atoms with Gasteiger partial charge in [-0.2, -0.15) is 0 Å². The minimum atomic E-state index is -0.523. The van der Waals surface area contributed by atoms with Crippen molar-refractivity contribution in [1.82, 2.24) is 0 Å². The van der Waals surface area contributed by atoms with Gasteiger partial charge in [0.25, 0.3) is 5.69 Å². The Hall–Kier alpha value is -3.09. The van der Waals surface area contributed by atoms with Gasteiger partial charge in [-0.25, -0.2) is 0 Å². The molecule has 0 saturated heterocycles. The molecule has 7 heteroatoms. The Labute approximate surface area is 145 Å². The molecule has 0 atom stereocenters. The van der Waals surface area contributed by atoms with Crippen LogP contribution in [0.5, 0.6) is 11.5 Å². The molecule has 0 saturated carbocycles. The highest BCUT2D eigenvalue weighted by molar-refractivity contribution is 5.92. The lowest BCUT2D eigenvalue weighted by Gasteiger charge is -2.11. The van der Waals surface area contributed by atoms with Crippen LogP contribution in [-0.2, 0) is 4.79 Å². The molecule has 0 radical (unpaired) electrons. The highest BCUT2D eigenvalue weighted by Gasteiger charge is 2.13. The third-order valence-electron chi connectivity index (χ3n) is 3.57. The smallest absolute Gasteiger partial charge is 0.271 e. The largest absolute Gasteiger partial charge is 0.495 e. The van der Waals surface area contributed by atoms with Crippen LogP contribution in [0.4, 0.5) is 11.4 Å². The Morgan fingerprint density at radius 1 is 1.20 bits per heavy atom. The zero-order valence-corrected chi connectivity index (χ0v) is 14.2. The maximum absolute atomic E-state index is 12.0. The number of nitrogens with zero attached hydrogens (tertiary/aromatic N) is 1. The average Bonchev–Trinajstić information content (AvgIpc) is 2.60. The summed E-state index contributed by atoms with van der Waals surface area (Å²) in [5, 5.41) is 13.5. The molecule has 25 heavy (non-hydrogen) atoms. The third-order valence-corrected chi connectivity index (χ3v) is 3.57. The molecular weight excluding hydrogens is 324 g/mol. The predicted molar refractivity (Wildman–Crippen MR) is 94.2 cm³/mol. The van der Waals surface area contributed by atoms with Crippen molar-refractivity contribution in [3.05, 3.63) is 58.1 Å². The zero-order chi connectivity index (χ0) is 18.2. The van der Waals surface area contributed by atoms with E-state index >= 15 is 0 Å². The summed E-state index contributed by atoms with van der Waals surface area (Å²) in [6.45, 7) is 2.36. The summed E-state index contributed by atoms with van der Waals surface area (Å²) in [5.41, 5.74) is 1.20. The van der Waals surface area contributed by atoms with Crippen LogP contribution >= 0.6 is 0 Å². The van der Waals surface area contributed by atoms with E-state index in [2.05, 4.69) is 5.32 Å². The van der Waals surface area contributed by atoms with E-state index in [1.807, 2.05) is 31.2 Å². The number of rotatable bonds is 8. The summed E-state index contributed by atoms with van der Waals surface area (Å²) in [6, 6.07) is 11.7. The third kappa shape index (κ3) is 5.20. The van der Waals surface area contributed by atoms with Crippen molar-refractivity contribution in [3.63, 3.8) is 0 Å². The minimum Gasteiger partial charge on any atom is -0.495 e. The topological polar surface area (TPSA) is 90.7 Å².